The van der Waals surface area contributed by atoms with Crippen molar-refractivity contribution in [1.29, 1.82) is 0 Å². The maximum absolute atomic E-state index is 13.0. The first kappa shape index (κ1) is 15.9. The van der Waals surface area contributed by atoms with Crippen LogP contribution in [0.1, 0.15) is 27.2 Å². The summed E-state index contributed by atoms with van der Waals surface area (Å²) in [6.07, 6.45) is 6.69. The number of hydrogen-bond donors (Lipinski definition) is 1. The zero-order valence-electron chi connectivity index (χ0n) is 14.4. The van der Waals surface area contributed by atoms with E-state index in [0.717, 1.165) is 6.42 Å². The van der Waals surface area contributed by atoms with Gasteiger partial charge in [-0.15, -0.1) is 0 Å². The number of aliphatic carboxylic acids is 1. The van der Waals surface area contributed by atoms with Crippen molar-refractivity contribution in [2.24, 2.45) is 29.6 Å². The number of nitrogens with zero attached hydrogens (tertiary/aromatic N) is 1. The number of fused-ring (bicyclic) bond motifs is 1. The Morgan fingerprint density at radius 1 is 1.46 bits per heavy atom. The summed E-state index contributed by atoms with van der Waals surface area (Å²) < 4.78 is 5.95. The summed E-state index contributed by atoms with van der Waals surface area (Å²) >= 11 is 0. The molecule has 1 amide bonds. The molecule has 3 heterocycles. The van der Waals surface area contributed by atoms with E-state index in [9.17, 15) is 14.7 Å². The van der Waals surface area contributed by atoms with E-state index in [-0.39, 0.29) is 5.91 Å². The van der Waals surface area contributed by atoms with Gasteiger partial charge in [0.25, 0.3) is 0 Å². The van der Waals surface area contributed by atoms with Gasteiger partial charge >= 0.3 is 5.97 Å². The van der Waals surface area contributed by atoms with Crippen LogP contribution in [-0.2, 0) is 14.3 Å². The zero-order valence-corrected chi connectivity index (χ0v) is 14.4. The highest BCUT2D eigenvalue weighted by atomic mass is 16.5. The van der Waals surface area contributed by atoms with E-state index in [1.165, 1.54) is 5.57 Å². The lowest BCUT2D eigenvalue weighted by molar-refractivity contribution is -0.148. The second-order valence-electron chi connectivity index (χ2n) is 8.17. The number of amides is 1. The molecule has 130 valence electrons. The number of likely N-dealkylation sites (tertiary alicyclic amines) is 1. The summed E-state index contributed by atoms with van der Waals surface area (Å²) in [6, 6.07) is 0. The summed E-state index contributed by atoms with van der Waals surface area (Å²) in [6.45, 7) is 7.82. The molecular formula is C19H25NO4. The van der Waals surface area contributed by atoms with Gasteiger partial charge in [0.15, 0.2) is 0 Å². The first-order valence-electron chi connectivity index (χ1n) is 8.88. The minimum atomic E-state index is -0.926. The van der Waals surface area contributed by atoms with Crippen molar-refractivity contribution in [3.8, 4) is 0 Å². The van der Waals surface area contributed by atoms with Crippen LogP contribution in [0.25, 0.3) is 0 Å². The molecule has 7 atom stereocenters. The van der Waals surface area contributed by atoms with Gasteiger partial charge in [-0.05, 0) is 31.1 Å². The Morgan fingerprint density at radius 2 is 2.21 bits per heavy atom. The lowest BCUT2D eigenvalue weighted by Gasteiger charge is -2.36. The fourth-order valence-electron chi connectivity index (χ4n) is 5.43. The van der Waals surface area contributed by atoms with Crippen molar-refractivity contribution in [1.82, 2.24) is 4.90 Å². The van der Waals surface area contributed by atoms with Crippen molar-refractivity contribution in [2.45, 2.75) is 38.9 Å². The molecule has 0 aromatic carbocycles. The minimum Gasteiger partial charge on any atom is -0.481 e. The Labute approximate surface area is 142 Å². The molecular weight excluding hydrogens is 306 g/mol. The topological polar surface area (TPSA) is 66.8 Å². The summed E-state index contributed by atoms with van der Waals surface area (Å²) in [5.74, 6) is -0.893. The van der Waals surface area contributed by atoms with Gasteiger partial charge in [0.05, 0.1) is 18.6 Å². The molecule has 1 aliphatic carbocycles. The van der Waals surface area contributed by atoms with Gasteiger partial charge in [-0.2, -0.15) is 0 Å². The van der Waals surface area contributed by atoms with Gasteiger partial charge in [0.2, 0.25) is 5.91 Å². The van der Waals surface area contributed by atoms with E-state index >= 15 is 0 Å². The molecule has 2 bridgehead atoms. The molecule has 4 rings (SSSR count). The summed E-state index contributed by atoms with van der Waals surface area (Å²) in [5, 5.41) is 9.53. The Morgan fingerprint density at radius 3 is 2.88 bits per heavy atom. The zero-order chi connectivity index (χ0) is 17.2. The van der Waals surface area contributed by atoms with Crippen LogP contribution < -0.4 is 0 Å². The van der Waals surface area contributed by atoms with Gasteiger partial charge < -0.3 is 14.7 Å². The SMILES string of the molecule is CC1=C[C@H](C)[C@H](CN2C[C@]34C=C[C@H](O3)[C@H](C(=O)O)[C@@H]4C2=O)[C@H](C)C1. The molecule has 1 N–H and O–H groups in total. The predicted molar refractivity (Wildman–Crippen MR) is 88.1 cm³/mol. The van der Waals surface area contributed by atoms with E-state index < -0.39 is 29.5 Å². The standard InChI is InChI=1S/C19H25NO4/c1-10-6-11(2)13(12(3)7-10)8-20-9-19-5-4-14(24-19)15(18(22)23)16(19)17(20)21/h4-6,11-16H,7-9H2,1-3H3,(H,22,23)/t11-,12+,13-,14-,15-,16+,19-/m0/s1. The smallest absolute Gasteiger partial charge is 0.310 e. The number of hydrogen-bond acceptors (Lipinski definition) is 3. The molecule has 5 nitrogen and oxygen atoms in total. The second kappa shape index (κ2) is 5.19. The average molecular weight is 331 g/mol. The van der Waals surface area contributed by atoms with Crippen LogP contribution in [0.5, 0.6) is 0 Å². The number of carboxylic acid groups (broad SMARTS) is 1. The molecule has 2 fully saturated rings. The Kier molecular flexibility index (Phi) is 3.43. The third-order valence-electron chi connectivity index (χ3n) is 6.49. The highest BCUT2D eigenvalue weighted by molar-refractivity contribution is 5.90. The first-order chi connectivity index (χ1) is 11.3. The lowest BCUT2D eigenvalue weighted by Crippen LogP contribution is -2.41. The van der Waals surface area contributed by atoms with Crippen LogP contribution in [0.15, 0.2) is 23.8 Å². The van der Waals surface area contributed by atoms with Gasteiger partial charge in [0, 0.05) is 6.54 Å². The van der Waals surface area contributed by atoms with Crippen molar-refractivity contribution >= 4 is 11.9 Å². The lowest BCUT2D eigenvalue weighted by atomic mass is 9.75. The number of allylic oxidation sites excluding steroid dienone is 2. The molecule has 3 aliphatic heterocycles. The van der Waals surface area contributed by atoms with Gasteiger partial charge in [-0.3, -0.25) is 9.59 Å². The first-order valence-corrected chi connectivity index (χ1v) is 8.88. The quantitative estimate of drug-likeness (QED) is 0.804. The van der Waals surface area contributed by atoms with Crippen LogP contribution >= 0.6 is 0 Å². The molecule has 1 spiro atoms. The van der Waals surface area contributed by atoms with Crippen LogP contribution in [0.2, 0.25) is 0 Å². The second-order valence-corrected chi connectivity index (χ2v) is 8.17. The molecule has 0 radical (unpaired) electrons. The molecule has 0 saturated carbocycles. The fourth-order valence-corrected chi connectivity index (χ4v) is 5.43. The third-order valence-corrected chi connectivity index (χ3v) is 6.49. The minimum absolute atomic E-state index is 0.0417. The third kappa shape index (κ3) is 2.10. The highest BCUT2D eigenvalue weighted by Gasteiger charge is 2.67. The van der Waals surface area contributed by atoms with Crippen LogP contribution in [0.4, 0.5) is 0 Å². The normalized spacial score (nSPS) is 46.4. The Balaban J connectivity index is 1.56. The van der Waals surface area contributed by atoms with E-state index in [4.69, 9.17) is 4.74 Å². The largest absolute Gasteiger partial charge is 0.481 e. The maximum Gasteiger partial charge on any atom is 0.310 e. The molecule has 24 heavy (non-hydrogen) atoms. The number of ether oxygens (including phenoxy) is 1. The summed E-state index contributed by atoms with van der Waals surface area (Å²) in [7, 11) is 0. The van der Waals surface area contributed by atoms with Gasteiger partial charge in [0.1, 0.15) is 11.5 Å². The highest BCUT2D eigenvalue weighted by Crippen LogP contribution is 2.52. The van der Waals surface area contributed by atoms with Crippen molar-refractivity contribution in [2.75, 3.05) is 13.1 Å². The maximum atomic E-state index is 13.0. The predicted octanol–water partition coefficient (Wildman–Crippen LogP) is 2.09. The molecule has 0 unspecified atom stereocenters. The number of carbonyl (C=O) groups excluding carboxylic acids is 1. The van der Waals surface area contributed by atoms with Crippen molar-refractivity contribution < 1.29 is 19.4 Å². The summed E-state index contributed by atoms with van der Waals surface area (Å²) in [4.78, 5) is 26.5. The van der Waals surface area contributed by atoms with Crippen molar-refractivity contribution in [3.63, 3.8) is 0 Å². The van der Waals surface area contributed by atoms with Crippen molar-refractivity contribution in [3.05, 3.63) is 23.8 Å². The van der Waals surface area contributed by atoms with E-state index in [1.807, 2.05) is 17.1 Å². The summed E-state index contributed by atoms with van der Waals surface area (Å²) in [5.41, 5.74) is 0.711. The molecule has 5 heteroatoms. The van der Waals surface area contributed by atoms with Crippen LogP contribution in [-0.4, -0.2) is 46.7 Å². The molecule has 4 aliphatic rings. The fraction of sp³-hybridized carbons (Fsp3) is 0.684. The monoisotopic (exact) mass is 331 g/mol. The van der Waals surface area contributed by atoms with Crippen LogP contribution in [0.3, 0.4) is 0 Å². The van der Waals surface area contributed by atoms with Gasteiger partial charge in [-0.25, -0.2) is 0 Å². The van der Waals surface area contributed by atoms with E-state index in [1.54, 1.807) is 0 Å². The Hall–Kier alpha value is -1.62. The number of carboxylic acids is 1. The number of rotatable bonds is 3. The molecule has 2 saturated heterocycles. The van der Waals surface area contributed by atoms with E-state index in [0.29, 0.717) is 30.8 Å². The average Bonchev–Trinajstić information content (AvgIpc) is 3.11. The molecule has 0 aromatic rings. The van der Waals surface area contributed by atoms with Gasteiger partial charge in [-0.1, -0.05) is 37.6 Å². The van der Waals surface area contributed by atoms with Crippen LogP contribution in [0, 0.1) is 29.6 Å². The molecule has 0 aromatic heterocycles. The Bertz CT molecular complexity index is 654. The van der Waals surface area contributed by atoms with E-state index in [2.05, 4.69) is 26.8 Å². The number of carbonyl (C=O) groups is 2.